The normalized spacial score (nSPS) is 12.3. The van der Waals surface area contributed by atoms with Crippen molar-refractivity contribution in [2.45, 2.75) is 59.9 Å². The summed E-state index contributed by atoms with van der Waals surface area (Å²) in [4.78, 5) is 13.1. The van der Waals surface area contributed by atoms with Gasteiger partial charge in [0.2, 0.25) is 0 Å². The van der Waals surface area contributed by atoms with E-state index in [1.807, 2.05) is 25.1 Å². The Hall–Kier alpha value is -2.97. The van der Waals surface area contributed by atoms with Crippen LogP contribution >= 0.6 is 11.8 Å². The number of benzene rings is 2. The van der Waals surface area contributed by atoms with Gasteiger partial charge in [0.25, 0.3) is 0 Å². The Morgan fingerprint density at radius 1 is 1.21 bits per heavy atom. The van der Waals surface area contributed by atoms with Gasteiger partial charge in [-0.25, -0.2) is 0 Å². The molecule has 4 nitrogen and oxygen atoms in total. The third-order valence-corrected chi connectivity index (χ3v) is 6.05. The maximum Gasteiger partial charge on any atom is 0.159 e. The van der Waals surface area contributed by atoms with Crippen molar-refractivity contribution < 1.29 is 9.90 Å². The van der Waals surface area contributed by atoms with Crippen LogP contribution in [-0.4, -0.2) is 28.4 Å². The number of carbonyl (C=O) groups excluding carboxylic acids is 1. The van der Waals surface area contributed by atoms with Crippen molar-refractivity contribution in [2.75, 3.05) is 6.54 Å². The fourth-order valence-corrected chi connectivity index (χ4v) is 3.67. The van der Waals surface area contributed by atoms with Crippen LogP contribution in [0.1, 0.15) is 68.4 Å². The van der Waals surface area contributed by atoms with Crippen molar-refractivity contribution in [3.63, 3.8) is 0 Å². The minimum Gasteiger partial charge on any atom is -0.508 e. The Labute approximate surface area is 203 Å². The van der Waals surface area contributed by atoms with E-state index in [1.165, 1.54) is 42.5 Å². The summed E-state index contributed by atoms with van der Waals surface area (Å²) in [6.45, 7) is 15.3. The molecule has 0 aliphatic heterocycles. The Kier molecular flexibility index (Phi) is 12.7. The number of thioether (sulfide) groups is 1. The molecule has 0 radical (unpaired) electrons. The van der Waals surface area contributed by atoms with E-state index in [1.54, 1.807) is 30.0 Å². The van der Waals surface area contributed by atoms with E-state index in [4.69, 9.17) is 10.4 Å². The first kappa shape index (κ1) is 28.1. The molecule has 176 valence electrons. The molecule has 1 saturated carbocycles. The monoisotopic (exact) mass is 464 g/mol. The molecular weight excluding hydrogens is 428 g/mol. The van der Waals surface area contributed by atoms with Crippen molar-refractivity contribution in [1.82, 2.24) is 4.90 Å². The summed E-state index contributed by atoms with van der Waals surface area (Å²) in [5.74, 6) is 0.199. The van der Waals surface area contributed by atoms with E-state index in [9.17, 15) is 4.79 Å². The van der Waals surface area contributed by atoms with E-state index in [0.29, 0.717) is 5.56 Å². The Morgan fingerprint density at radius 3 is 2.27 bits per heavy atom. The summed E-state index contributed by atoms with van der Waals surface area (Å²) >= 11 is 1.78. The third kappa shape index (κ3) is 11.5. The number of phenols is 1. The van der Waals surface area contributed by atoms with Gasteiger partial charge in [0, 0.05) is 18.2 Å². The van der Waals surface area contributed by atoms with Crippen LogP contribution in [0.5, 0.6) is 5.75 Å². The summed E-state index contributed by atoms with van der Waals surface area (Å²) < 4.78 is 0. The molecule has 1 aliphatic rings. The highest BCUT2D eigenvalue weighted by Gasteiger charge is 2.28. The van der Waals surface area contributed by atoms with Gasteiger partial charge in [-0.15, -0.1) is 0 Å². The highest BCUT2D eigenvalue weighted by atomic mass is 32.2. The average molecular weight is 465 g/mol. The zero-order valence-corrected chi connectivity index (χ0v) is 21.3. The maximum atomic E-state index is 10.7. The number of nitriles is 1. The molecule has 1 aliphatic carbocycles. The predicted octanol–water partition coefficient (Wildman–Crippen LogP) is 7.45. The number of hydrogen-bond acceptors (Lipinski definition) is 5. The summed E-state index contributed by atoms with van der Waals surface area (Å²) in [7, 11) is 0. The second kappa shape index (κ2) is 15.0. The van der Waals surface area contributed by atoms with Gasteiger partial charge in [-0.05, 0) is 94.3 Å². The molecule has 2 aromatic rings. The number of carbonyl (C=O) groups is 1. The first-order valence-corrected chi connectivity index (χ1v) is 12.1. The van der Waals surface area contributed by atoms with Crippen molar-refractivity contribution in [3.05, 3.63) is 87.8 Å². The Bertz CT molecular complexity index is 970. The van der Waals surface area contributed by atoms with Crippen molar-refractivity contribution in [2.24, 2.45) is 0 Å². The fourth-order valence-electron chi connectivity index (χ4n) is 2.75. The molecule has 0 aromatic heterocycles. The molecule has 0 amide bonds. The molecule has 0 spiro atoms. The van der Waals surface area contributed by atoms with Gasteiger partial charge in [-0.3, -0.25) is 4.79 Å². The standard InChI is InChI=1S/C12H21NS.C8H7N.C8H8O2/c1-5-10(3)9-14-11(4)13(6-2)12-7-8-12;1-7-3-2-4-8(5-7)6-9;1-6(9)7-2-4-8(10)5-3-7/h9,12H,4-8H2,1-3H3;2-5H,1H3;2-5,10H,1H3/b10-9+;;. The molecule has 1 N–H and O–H groups in total. The lowest BCUT2D eigenvalue weighted by Crippen LogP contribution is -2.22. The van der Waals surface area contributed by atoms with Gasteiger partial charge in [-0.2, -0.15) is 5.26 Å². The minimum absolute atomic E-state index is 0.0139. The first-order valence-electron chi connectivity index (χ1n) is 11.3. The maximum absolute atomic E-state index is 10.7. The molecule has 3 rings (SSSR count). The number of ketones is 1. The lowest BCUT2D eigenvalue weighted by Gasteiger charge is -2.23. The van der Waals surface area contributed by atoms with E-state index < -0.39 is 0 Å². The van der Waals surface area contributed by atoms with E-state index in [2.05, 4.69) is 43.7 Å². The van der Waals surface area contributed by atoms with Gasteiger partial charge >= 0.3 is 0 Å². The second-order valence-corrected chi connectivity index (χ2v) is 8.87. The predicted molar refractivity (Wildman–Crippen MR) is 140 cm³/mol. The number of aromatic hydroxyl groups is 1. The Morgan fingerprint density at radius 2 is 1.85 bits per heavy atom. The molecule has 0 unspecified atom stereocenters. The summed E-state index contributed by atoms with van der Waals surface area (Å²) in [5.41, 5.74) is 3.92. The number of hydrogen-bond donors (Lipinski definition) is 1. The molecule has 5 heteroatoms. The van der Waals surface area contributed by atoms with Gasteiger partial charge in [0.15, 0.2) is 5.78 Å². The molecule has 0 heterocycles. The lowest BCUT2D eigenvalue weighted by atomic mass is 10.1. The topological polar surface area (TPSA) is 64.3 Å². The fraction of sp³-hybridized carbons (Fsp3) is 0.357. The zero-order valence-electron chi connectivity index (χ0n) is 20.5. The SMILES string of the molecule is C=C(S/C=C(\C)CC)N(CC)C1CC1.CC(=O)c1ccc(O)cc1.Cc1cccc(C#N)c1. The van der Waals surface area contributed by atoms with Crippen LogP contribution < -0.4 is 0 Å². The van der Waals surface area contributed by atoms with Gasteiger partial charge in [-0.1, -0.05) is 43.0 Å². The van der Waals surface area contributed by atoms with E-state index in [0.717, 1.165) is 30.1 Å². The minimum atomic E-state index is 0.0139. The van der Waals surface area contributed by atoms with Crippen LogP contribution in [0.2, 0.25) is 0 Å². The number of allylic oxidation sites excluding steroid dienone is 1. The molecule has 0 bridgehead atoms. The average Bonchev–Trinajstić information content (AvgIpc) is 3.64. The summed E-state index contributed by atoms with van der Waals surface area (Å²) in [6, 6.07) is 16.6. The number of nitrogens with zero attached hydrogens (tertiary/aromatic N) is 2. The highest BCUT2D eigenvalue weighted by Crippen LogP contribution is 2.33. The number of phenolic OH excluding ortho intramolecular Hbond substituents is 1. The molecule has 1 fully saturated rings. The number of aryl methyl sites for hydroxylation is 1. The van der Waals surface area contributed by atoms with Gasteiger partial charge < -0.3 is 10.0 Å². The third-order valence-electron chi connectivity index (χ3n) is 5.02. The van der Waals surface area contributed by atoms with Gasteiger partial charge in [0.1, 0.15) is 5.75 Å². The zero-order chi connectivity index (χ0) is 24.8. The van der Waals surface area contributed by atoms with E-state index >= 15 is 0 Å². The lowest BCUT2D eigenvalue weighted by molar-refractivity contribution is 0.101. The molecule has 0 atom stereocenters. The van der Waals surface area contributed by atoms with Crippen LogP contribution in [0.3, 0.4) is 0 Å². The van der Waals surface area contributed by atoms with Crippen molar-refractivity contribution in [1.29, 1.82) is 5.26 Å². The quantitative estimate of drug-likeness (QED) is 0.431. The second-order valence-electron chi connectivity index (χ2n) is 7.93. The van der Waals surface area contributed by atoms with Crippen LogP contribution in [0, 0.1) is 18.3 Å². The first-order chi connectivity index (χ1) is 15.7. The highest BCUT2D eigenvalue weighted by molar-refractivity contribution is 8.05. The largest absolute Gasteiger partial charge is 0.508 e. The van der Waals surface area contributed by atoms with Crippen molar-refractivity contribution in [3.8, 4) is 11.8 Å². The van der Waals surface area contributed by atoms with E-state index in [-0.39, 0.29) is 11.5 Å². The van der Waals surface area contributed by atoms with Crippen LogP contribution in [0.25, 0.3) is 0 Å². The van der Waals surface area contributed by atoms with Gasteiger partial charge in [0.05, 0.1) is 16.7 Å². The molecule has 2 aromatic carbocycles. The van der Waals surface area contributed by atoms with Crippen LogP contribution in [0.4, 0.5) is 0 Å². The molecular formula is C28H36N2O2S. The summed E-state index contributed by atoms with van der Waals surface area (Å²) in [6.07, 6.45) is 3.84. The molecule has 0 saturated heterocycles. The van der Waals surface area contributed by atoms with Crippen molar-refractivity contribution >= 4 is 17.5 Å². The summed E-state index contributed by atoms with van der Waals surface area (Å²) in [5, 5.41) is 20.7. The molecule has 33 heavy (non-hydrogen) atoms. The number of Topliss-reactive ketones (excluding diaryl/α,β-unsaturated/α-hetero) is 1. The smallest absolute Gasteiger partial charge is 0.159 e. The Balaban J connectivity index is 0.000000255. The number of rotatable bonds is 7. The van der Waals surface area contributed by atoms with Crippen LogP contribution in [0.15, 0.2) is 71.1 Å². The van der Waals surface area contributed by atoms with Crippen LogP contribution in [-0.2, 0) is 0 Å².